The lowest BCUT2D eigenvalue weighted by molar-refractivity contribution is -0.151. The number of amides is 1. The van der Waals surface area contributed by atoms with Crippen LogP contribution in [0.2, 0.25) is 0 Å². The first kappa shape index (κ1) is 18.7. The van der Waals surface area contributed by atoms with Gasteiger partial charge >= 0.3 is 5.97 Å². The van der Waals surface area contributed by atoms with E-state index in [1.54, 1.807) is 18.1 Å². The molecule has 0 saturated carbocycles. The standard InChI is InChI=1S/C22H23NO4/c1-26-20-9-5-6-17(14-20)15-22(25)27-16-21(24)23-12-10-19(11-13-23)18-7-3-2-4-8-18/h2-10,14H,11-13,15-16H2,1H3. The third-order valence-corrected chi connectivity index (χ3v) is 4.55. The third-order valence-electron chi connectivity index (χ3n) is 4.55. The Bertz CT molecular complexity index is 829. The number of esters is 1. The van der Waals surface area contributed by atoms with Crippen molar-refractivity contribution in [2.24, 2.45) is 0 Å². The van der Waals surface area contributed by atoms with Crippen LogP contribution in [0.3, 0.4) is 0 Å². The number of rotatable bonds is 6. The van der Waals surface area contributed by atoms with Crippen LogP contribution in [0.4, 0.5) is 0 Å². The molecule has 2 aromatic carbocycles. The van der Waals surface area contributed by atoms with Crippen LogP contribution in [-0.4, -0.2) is 43.6 Å². The Labute approximate surface area is 159 Å². The van der Waals surface area contributed by atoms with Crippen LogP contribution < -0.4 is 4.74 Å². The van der Waals surface area contributed by atoms with Gasteiger partial charge in [-0.25, -0.2) is 0 Å². The highest BCUT2D eigenvalue weighted by Crippen LogP contribution is 2.22. The summed E-state index contributed by atoms with van der Waals surface area (Å²) in [4.78, 5) is 26.0. The second kappa shape index (κ2) is 9.03. The van der Waals surface area contributed by atoms with Crippen molar-refractivity contribution < 1.29 is 19.1 Å². The van der Waals surface area contributed by atoms with Crippen molar-refractivity contribution in [3.63, 3.8) is 0 Å². The van der Waals surface area contributed by atoms with E-state index in [0.29, 0.717) is 18.8 Å². The number of nitrogens with zero attached hydrogens (tertiary/aromatic N) is 1. The Balaban J connectivity index is 1.47. The highest BCUT2D eigenvalue weighted by Gasteiger charge is 2.19. The molecule has 0 unspecified atom stereocenters. The van der Waals surface area contributed by atoms with Crippen LogP contribution in [-0.2, 0) is 20.7 Å². The van der Waals surface area contributed by atoms with E-state index in [1.165, 1.54) is 11.1 Å². The zero-order chi connectivity index (χ0) is 19.1. The fourth-order valence-corrected chi connectivity index (χ4v) is 3.04. The van der Waals surface area contributed by atoms with Gasteiger partial charge in [0.1, 0.15) is 5.75 Å². The quantitative estimate of drug-likeness (QED) is 0.738. The molecule has 2 aromatic rings. The van der Waals surface area contributed by atoms with Crippen molar-refractivity contribution in [2.75, 3.05) is 26.8 Å². The van der Waals surface area contributed by atoms with E-state index < -0.39 is 5.97 Å². The molecule has 0 bridgehead atoms. The van der Waals surface area contributed by atoms with Gasteiger partial charge in [0.05, 0.1) is 13.5 Å². The maximum atomic E-state index is 12.3. The maximum absolute atomic E-state index is 12.3. The Morgan fingerprint density at radius 1 is 1.07 bits per heavy atom. The minimum Gasteiger partial charge on any atom is -0.497 e. The lowest BCUT2D eigenvalue weighted by Gasteiger charge is -2.26. The summed E-state index contributed by atoms with van der Waals surface area (Å²) in [6, 6.07) is 17.4. The van der Waals surface area contributed by atoms with Gasteiger partial charge in [0.25, 0.3) is 5.91 Å². The molecule has 1 amide bonds. The summed E-state index contributed by atoms with van der Waals surface area (Å²) in [5, 5.41) is 0. The lowest BCUT2D eigenvalue weighted by atomic mass is 10.00. The Morgan fingerprint density at radius 2 is 1.89 bits per heavy atom. The first-order chi connectivity index (χ1) is 13.2. The Morgan fingerprint density at radius 3 is 2.59 bits per heavy atom. The summed E-state index contributed by atoms with van der Waals surface area (Å²) in [7, 11) is 1.58. The molecule has 5 heteroatoms. The summed E-state index contributed by atoms with van der Waals surface area (Å²) in [5.41, 5.74) is 3.23. The van der Waals surface area contributed by atoms with Crippen LogP contribution >= 0.6 is 0 Å². The number of hydrogen-bond donors (Lipinski definition) is 0. The molecule has 1 heterocycles. The smallest absolute Gasteiger partial charge is 0.310 e. The van der Waals surface area contributed by atoms with Crippen molar-refractivity contribution >= 4 is 17.4 Å². The van der Waals surface area contributed by atoms with E-state index in [0.717, 1.165) is 12.0 Å². The van der Waals surface area contributed by atoms with Gasteiger partial charge in [0, 0.05) is 13.1 Å². The first-order valence-corrected chi connectivity index (χ1v) is 8.96. The molecule has 0 aromatic heterocycles. The van der Waals surface area contributed by atoms with Gasteiger partial charge in [0.15, 0.2) is 6.61 Å². The van der Waals surface area contributed by atoms with E-state index in [4.69, 9.17) is 9.47 Å². The number of carbonyl (C=O) groups excluding carboxylic acids is 2. The predicted octanol–water partition coefficient (Wildman–Crippen LogP) is 3.10. The largest absolute Gasteiger partial charge is 0.497 e. The van der Waals surface area contributed by atoms with Gasteiger partial charge in [-0.05, 0) is 35.3 Å². The van der Waals surface area contributed by atoms with Gasteiger partial charge in [-0.3, -0.25) is 9.59 Å². The van der Waals surface area contributed by atoms with Crippen molar-refractivity contribution in [2.45, 2.75) is 12.8 Å². The molecule has 140 valence electrons. The highest BCUT2D eigenvalue weighted by molar-refractivity contribution is 5.82. The molecule has 0 aliphatic carbocycles. The zero-order valence-corrected chi connectivity index (χ0v) is 15.4. The molecule has 5 nitrogen and oxygen atoms in total. The van der Waals surface area contributed by atoms with E-state index in [1.807, 2.05) is 36.4 Å². The topological polar surface area (TPSA) is 55.8 Å². The predicted molar refractivity (Wildman–Crippen MR) is 103 cm³/mol. The van der Waals surface area contributed by atoms with Crippen LogP contribution in [0.1, 0.15) is 17.5 Å². The monoisotopic (exact) mass is 365 g/mol. The van der Waals surface area contributed by atoms with Crippen molar-refractivity contribution in [3.05, 3.63) is 71.8 Å². The van der Waals surface area contributed by atoms with E-state index in [-0.39, 0.29) is 18.9 Å². The summed E-state index contributed by atoms with van der Waals surface area (Å²) in [6.07, 6.45) is 2.98. The molecule has 0 N–H and O–H groups in total. The van der Waals surface area contributed by atoms with E-state index in [2.05, 4.69) is 18.2 Å². The number of carbonyl (C=O) groups is 2. The number of methoxy groups -OCH3 is 1. The van der Waals surface area contributed by atoms with Gasteiger partial charge in [0.2, 0.25) is 0 Å². The molecule has 1 aliphatic heterocycles. The van der Waals surface area contributed by atoms with Crippen LogP contribution in [0.25, 0.3) is 5.57 Å². The van der Waals surface area contributed by atoms with Gasteiger partial charge < -0.3 is 14.4 Å². The third kappa shape index (κ3) is 5.20. The molecule has 0 fully saturated rings. The highest BCUT2D eigenvalue weighted by atomic mass is 16.5. The summed E-state index contributed by atoms with van der Waals surface area (Å²) >= 11 is 0. The molecular formula is C22H23NO4. The van der Waals surface area contributed by atoms with Crippen molar-refractivity contribution in [1.82, 2.24) is 4.90 Å². The minimum atomic E-state index is -0.422. The van der Waals surface area contributed by atoms with Gasteiger partial charge in [-0.1, -0.05) is 48.5 Å². The molecule has 0 radical (unpaired) electrons. The molecule has 0 spiro atoms. The van der Waals surface area contributed by atoms with Gasteiger partial charge in [-0.15, -0.1) is 0 Å². The first-order valence-electron chi connectivity index (χ1n) is 8.96. The lowest BCUT2D eigenvalue weighted by Crippen LogP contribution is -2.37. The average Bonchev–Trinajstić information content (AvgIpc) is 2.73. The Kier molecular flexibility index (Phi) is 6.26. The maximum Gasteiger partial charge on any atom is 0.310 e. The summed E-state index contributed by atoms with van der Waals surface area (Å²) in [5.74, 6) is 0.0946. The van der Waals surface area contributed by atoms with Crippen LogP contribution in [0.15, 0.2) is 60.7 Å². The molecule has 0 saturated heterocycles. The summed E-state index contributed by atoms with van der Waals surface area (Å²) in [6.45, 7) is 0.945. The van der Waals surface area contributed by atoms with Crippen molar-refractivity contribution in [3.8, 4) is 5.75 Å². The second-order valence-corrected chi connectivity index (χ2v) is 6.37. The van der Waals surface area contributed by atoms with Crippen LogP contribution in [0.5, 0.6) is 5.75 Å². The van der Waals surface area contributed by atoms with E-state index >= 15 is 0 Å². The normalized spacial score (nSPS) is 13.7. The average molecular weight is 365 g/mol. The van der Waals surface area contributed by atoms with Gasteiger partial charge in [-0.2, -0.15) is 0 Å². The molecule has 27 heavy (non-hydrogen) atoms. The molecular weight excluding hydrogens is 342 g/mol. The van der Waals surface area contributed by atoms with E-state index in [9.17, 15) is 9.59 Å². The van der Waals surface area contributed by atoms with Crippen LogP contribution in [0, 0.1) is 0 Å². The minimum absolute atomic E-state index is 0.114. The second-order valence-electron chi connectivity index (χ2n) is 6.37. The zero-order valence-electron chi connectivity index (χ0n) is 15.4. The number of benzene rings is 2. The molecule has 1 aliphatic rings. The molecule has 3 rings (SSSR count). The summed E-state index contributed by atoms with van der Waals surface area (Å²) < 4.78 is 10.3. The SMILES string of the molecule is COc1cccc(CC(=O)OCC(=O)N2CC=C(c3ccccc3)CC2)c1. The fraction of sp³-hybridized carbons (Fsp3) is 0.273. The number of hydrogen-bond acceptors (Lipinski definition) is 4. The fourth-order valence-electron chi connectivity index (χ4n) is 3.04. The molecule has 0 atom stereocenters. The Hall–Kier alpha value is -3.08. The number of ether oxygens (including phenoxy) is 2. The van der Waals surface area contributed by atoms with Crippen molar-refractivity contribution in [1.29, 1.82) is 0 Å².